The summed E-state index contributed by atoms with van der Waals surface area (Å²) in [5.41, 5.74) is 7.12. The van der Waals surface area contributed by atoms with Gasteiger partial charge in [0.15, 0.2) is 0 Å². The van der Waals surface area contributed by atoms with E-state index in [0.717, 1.165) is 31.2 Å². The van der Waals surface area contributed by atoms with Gasteiger partial charge in [-0.1, -0.05) is 18.6 Å². The third-order valence-corrected chi connectivity index (χ3v) is 5.40. The van der Waals surface area contributed by atoms with Crippen LogP contribution in [-0.4, -0.2) is 18.6 Å². The second-order valence-corrected chi connectivity index (χ2v) is 6.94. The summed E-state index contributed by atoms with van der Waals surface area (Å²) < 4.78 is 28.5. The fourth-order valence-electron chi connectivity index (χ4n) is 4.13. The van der Waals surface area contributed by atoms with Crippen molar-refractivity contribution in [3.63, 3.8) is 0 Å². The zero-order valence-corrected chi connectivity index (χ0v) is 13.6. The first kappa shape index (κ1) is 17.1. The van der Waals surface area contributed by atoms with E-state index in [9.17, 15) is 13.6 Å². The molecule has 3 rings (SSSR count). The SMILES string of the molecule is NC1C2CCCC1CC(C(=O)NCc1ccc(OC(F)F)cc1)C2. The van der Waals surface area contributed by atoms with Crippen molar-refractivity contribution in [1.29, 1.82) is 0 Å². The quantitative estimate of drug-likeness (QED) is 0.867. The van der Waals surface area contributed by atoms with Gasteiger partial charge in [-0.3, -0.25) is 4.79 Å². The highest BCUT2D eigenvalue weighted by molar-refractivity contribution is 5.78. The van der Waals surface area contributed by atoms with Gasteiger partial charge in [-0.25, -0.2) is 0 Å². The van der Waals surface area contributed by atoms with Crippen molar-refractivity contribution in [2.45, 2.75) is 51.3 Å². The van der Waals surface area contributed by atoms with Gasteiger partial charge in [0.05, 0.1) is 0 Å². The minimum Gasteiger partial charge on any atom is -0.435 e. The fourth-order valence-corrected chi connectivity index (χ4v) is 4.13. The fraction of sp³-hybridized carbons (Fsp3) is 0.611. The number of hydrogen-bond donors (Lipinski definition) is 2. The van der Waals surface area contributed by atoms with Gasteiger partial charge in [-0.2, -0.15) is 8.78 Å². The Labute approximate surface area is 140 Å². The molecule has 0 aromatic heterocycles. The number of rotatable bonds is 5. The lowest BCUT2D eigenvalue weighted by Gasteiger charge is -2.43. The van der Waals surface area contributed by atoms with E-state index in [4.69, 9.17) is 5.73 Å². The van der Waals surface area contributed by atoms with Crippen molar-refractivity contribution in [2.24, 2.45) is 23.5 Å². The third kappa shape index (κ3) is 4.04. The second-order valence-electron chi connectivity index (χ2n) is 6.94. The predicted molar refractivity (Wildman–Crippen MR) is 86.5 cm³/mol. The second kappa shape index (κ2) is 7.47. The number of carbonyl (C=O) groups excluding carboxylic acids is 1. The molecule has 2 bridgehead atoms. The van der Waals surface area contributed by atoms with E-state index in [-0.39, 0.29) is 23.6 Å². The van der Waals surface area contributed by atoms with Crippen LogP contribution in [0.2, 0.25) is 0 Å². The first-order chi connectivity index (χ1) is 11.5. The van der Waals surface area contributed by atoms with Crippen LogP contribution in [-0.2, 0) is 11.3 Å². The lowest BCUT2D eigenvalue weighted by Crippen LogP contribution is -2.49. The van der Waals surface area contributed by atoms with E-state index < -0.39 is 6.61 Å². The average Bonchev–Trinajstić information content (AvgIpc) is 2.53. The summed E-state index contributed by atoms with van der Waals surface area (Å²) in [6, 6.07) is 6.59. The Balaban J connectivity index is 1.50. The summed E-state index contributed by atoms with van der Waals surface area (Å²) in [5.74, 6) is 1.18. The molecule has 1 amide bonds. The van der Waals surface area contributed by atoms with Crippen LogP contribution >= 0.6 is 0 Å². The molecule has 2 aliphatic carbocycles. The van der Waals surface area contributed by atoms with Crippen molar-refractivity contribution in [2.75, 3.05) is 0 Å². The molecule has 1 aromatic rings. The Morgan fingerprint density at radius 3 is 2.42 bits per heavy atom. The molecule has 4 nitrogen and oxygen atoms in total. The largest absolute Gasteiger partial charge is 0.435 e. The lowest BCUT2D eigenvalue weighted by atomic mass is 9.65. The standard InChI is InChI=1S/C18H24F2N2O2/c19-18(20)24-15-6-4-11(5-7-15)10-22-17(23)14-8-12-2-1-3-13(9-14)16(12)21/h4-7,12-14,16,18H,1-3,8-10,21H2,(H,22,23). The van der Waals surface area contributed by atoms with Crippen LogP contribution in [0.5, 0.6) is 5.75 Å². The summed E-state index contributed by atoms with van der Waals surface area (Å²) in [5, 5.41) is 2.96. The number of nitrogens with one attached hydrogen (secondary N) is 1. The summed E-state index contributed by atoms with van der Waals surface area (Å²) in [4.78, 5) is 12.4. The van der Waals surface area contributed by atoms with Gasteiger partial charge < -0.3 is 15.8 Å². The highest BCUT2D eigenvalue weighted by Crippen LogP contribution is 2.41. The van der Waals surface area contributed by atoms with Crippen molar-refractivity contribution in [3.05, 3.63) is 29.8 Å². The van der Waals surface area contributed by atoms with Crippen molar-refractivity contribution >= 4 is 5.91 Å². The molecule has 132 valence electrons. The molecule has 2 unspecified atom stereocenters. The molecule has 2 atom stereocenters. The highest BCUT2D eigenvalue weighted by atomic mass is 19.3. The van der Waals surface area contributed by atoms with Gasteiger partial charge in [0, 0.05) is 18.5 Å². The lowest BCUT2D eigenvalue weighted by molar-refractivity contribution is -0.128. The number of nitrogens with two attached hydrogens (primary N) is 1. The monoisotopic (exact) mass is 338 g/mol. The maximum Gasteiger partial charge on any atom is 0.387 e. The van der Waals surface area contributed by atoms with Gasteiger partial charge in [0.25, 0.3) is 0 Å². The molecule has 2 saturated carbocycles. The Kier molecular flexibility index (Phi) is 5.33. The zero-order valence-electron chi connectivity index (χ0n) is 13.6. The van der Waals surface area contributed by atoms with Crippen molar-refractivity contribution < 1.29 is 18.3 Å². The van der Waals surface area contributed by atoms with Gasteiger partial charge in [-0.15, -0.1) is 0 Å². The molecule has 0 aliphatic heterocycles. The van der Waals surface area contributed by atoms with Gasteiger partial charge in [-0.05, 0) is 55.2 Å². The molecule has 6 heteroatoms. The first-order valence-electron chi connectivity index (χ1n) is 8.60. The molecular weight excluding hydrogens is 314 g/mol. The van der Waals surface area contributed by atoms with Crippen LogP contribution in [0.25, 0.3) is 0 Å². The predicted octanol–water partition coefficient (Wildman–Crippen LogP) is 3.06. The van der Waals surface area contributed by atoms with Crippen LogP contribution in [0.3, 0.4) is 0 Å². The van der Waals surface area contributed by atoms with E-state index in [1.165, 1.54) is 18.6 Å². The summed E-state index contributed by atoms with van der Waals surface area (Å²) >= 11 is 0. The Hall–Kier alpha value is -1.69. The maximum atomic E-state index is 12.4. The van der Waals surface area contributed by atoms with E-state index in [1.54, 1.807) is 12.1 Å². The number of fused-ring (bicyclic) bond motifs is 2. The summed E-state index contributed by atoms with van der Waals surface area (Å²) in [6.07, 6.45) is 5.25. The minimum atomic E-state index is -2.83. The Morgan fingerprint density at radius 2 is 1.83 bits per heavy atom. The molecule has 3 N–H and O–H groups in total. The van der Waals surface area contributed by atoms with Crippen molar-refractivity contribution in [1.82, 2.24) is 5.32 Å². The van der Waals surface area contributed by atoms with Crippen LogP contribution in [0.1, 0.15) is 37.7 Å². The van der Waals surface area contributed by atoms with Crippen LogP contribution in [0.4, 0.5) is 8.78 Å². The van der Waals surface area contributed by atoms with Crippen LogP contribution < -0.4 is 15.8 Å². The normalized spacial score (nSPS) is 29.3. The number of halogens is 2. The number of hydrogen-bond acceptors (Lipinski definition) is 3. The van der Waals surface area contributed by atoms with Gasteiger partial charge in [0.1, 0.15) is 5.75 Å². The van der Waals surface area contributed by atoms with E-state index in [1.807, 2.05) is 0 Å². The molecule has 0 spiro atoms. The number of carbonyl (C=O) groups is 1. The number of ether oxygens (including phenoxy) is 1. The topological polar surface area (TPSA) is 64.4 Å². The molecule has 1 aromatic carbocycles. The van der Waals surface area contributed by atoms with E-state index in [0.29, 0.717) is 18.4 Å². The maximum absolute atomic E-state index is 12.4. The number of benzene rings is 1. The molecule has 2 aliphatic rings. The zero-order chi connectivity index (χ0) is 17.1. The number of amides is 1. The van der Waals surface area contributed by atoms with Crippen molar-refractivity contribution in [3.8, 4) is 5.75 Å². The molecule has 2 fully saturated rings. The highest BCUT2D eigenvalue weighted by Gasteiger charge is 2.40. The smallest absolute Gasteiger partial charge is 0.387 e. The molecule has 24 heavy (non-hydrogen) atoms. The average molecular weight is 338 g/mol. The summed E-state index contributed by atoms with van der Waals surface area (Å²) in [6.45, 7) is -2.43. The molecule has 0 saturated heterocycles. The van der Waals surface area contributed by atoms with E-state index >= 15 is 0 Å². The molecular formula is C18H24F2N2O2. The number of alkyl halides is 2. The molecule has 0 radical (unpaired) electrons. The van der Waals surface area contributed by atoms with E-state index in [2.05, 4.69) is 10.1 Å². The van der Waals surface area contributed by atoms with Gasteiger partial charge in [0.2, 0.25) is 5.91 Å². The Bertz CT molecular complexity index is 551. The third-order valence-electron chi connectivity index (χ3n) is 5.40. The van der Waals surface area contributed by atoms with Gasteiger partial charge >= 0.3 is 6.61 Å². The molecule has 0 heterocycles. The van der Waals surface area contributed by atoms with Crippen LogP contribution in [0.15, 0.2) is 24.3 Å². The minimum absolute atomic E-state index is 0.0431. The van der Waals surface area contributed by atoms with Crippen LogP contribution in [0, 0.1) is 17.8 Å². The Morgan fingerprint density at radius 1 is 1.21 bits per heavy atom. The summed E-state index contributed by atoms with van der Waals surface area (Å²) in [7, 11) is 0. The first-order valence-corrected chi connectivity index (χ1v) is 8.60.